The number of amides is 1. The van der Waals surface area contributed by atoms with Gasteiger partial charge in [0.2, 0.25) is 0 Å². The van der Waals surface area contributed by atoms with Crippen molar-refractivity contribution in [1.82, 2.24) is 9.97 Å². The van der Waals surface area contributed by atoms with Crippen LogP contribution in [0.5, 0.6) is 11.5 Å². The predicted molar refractivity (Wildman–Crippen MR) is 134 cm³/mol. The zero-order valence-corrected chi connectivity index (χ0v) is 18.9. The molecule has 0 saturated carbocycles. The van der Waals surface area contributed by atoms with Crippen molar-refractivity contribution >= 4 is 33.3 Å². The average Bonchev–Trinajstić information content (AvgIpc) is 2.88. The number of nitrogens with one attached hydrogen (secondary N) is 1. The molecule has 5 rings (SSSR count). The van der Waals surface area contributed by atoms with Crippen LogP contribution in [0.4, 0.5) is 5.69 Å². The average molecular weight is 450 g/mol. The lowest BCUT2D eigenvalue weighted by atomic mass is 9.98. The van der Waals surface area contributed by atoms with Gasteiger partial charge in [0.1, 0.15) is 5.69 Å². The van der Waals surface area contributed by atoms with Crippen molar-refractivity contribution in [3.8, 4) is 11.5 Å². The van der Waals surface area contributed by atoms with Gasteiger partial charge in [-0.2, -0.15) is 0 Å². The number of pyridine rings is 2. The number of nitrogens with zero attached hydrogens (tertiary/aromatic N) is 2. The van der Waals surface area contributed by atoms with Crippen LogP contribution in [0, 0.1) is 0 Å². The molecule has 0 atom stereocenters. The highest BCUT2D eigenvalue weighted by Crippen LogP contribution is 2.34. The number of anilines is 1. The molecule has 0 unspecified atom stereocenters. The summed E-state index contributed by atoms with van der Waals surface area (Å²) in [5.41, 5.74) is 4.29. The van der Waals surface area contributed by atoms with E-state index in [1.54, 1.807) is 38.6 Å². The van der Waals surface area contributed by atoms with E-state index in [0.29, 0.717) is 17.2 Å². The van der Waals surface area contributed by atoms with Gasteiger partial charge in [0.15, 0.2) is 11.5 Å². The van der Waals surface area contributed by atoms with Crippen molar-refractivity contribution in [3.63, 3.8) is 0 Å². The molecule has 6 nitrogen and oxygen atoms in total. The van der Waals surface area contributed by atoms with Crippen molar-refractivity contribution in [1.29, 1.82) is 0 Å². The van der Waals surface area contributed by atoms with Gasteiger partial charge < -0.3 is 14.8 Å². The molecule has 0 fully saturated rings. The third-order valence-electron chi connectivity index (χ3n) is 5.82. The fourth-order valence-electron chi connectivity index (χ4n) is 4.14. The highest BCUT2D eigenvalue weighted by molar-refractivity contribution is 6.08. The minimum absolute atomic E-state index is 0.232. The Morgan fingerprint density at radius 2 is 1.68 bits per heavy atom. The maximum atomic E-state index is 12.6. The van der Waals surface area contributed by atoms with Crippen LogP contribution >= 0.6 is 0 Å². The first-order chi connectivity index (χ1) is 16.7. The maximum Gasteiger partial charge on any atom is 0.274 e. The van der Waals surface area contributed by atoms with Crippen molar-refractivity contribution < 1.29 is 14.3 Å². The minimum Gasteiger partial charge on any atom is -0.493 e. The van der Waals surface area contributed by atoms with Crippen LogP contribution in [-0.4, -0.2) is 30.1 Å². The number of aromatic nitrogens is 2. The largest absolute Gasteiger partial charge is 0.493 e. The van der Waals surface area contributed by atoms with Gasteiger partial charge in [-0.25, -0.2) is 0 Å². The quantitative estimate of drug-likeness (QED) is 0.363. The van der Waals surface area contributed by atoms with Crippen LogP contribution in [0.2, 0.25) is 0 Å². The first-order valence-corrected chi connectivity index (χ1v) is 10.9. The van der Waals surface area contributed by atoms with E-state index in [1.807, 2.05) is 48.7 Å². The van der Waals surface area contributed by atoms with E-state index in [-0.39, 0.29) is 5.91 Å². The molecule has 2 heterocycles. The molecule has 3 aromatic carbocycles. The summed E-state index contributed by atoms with van der Waals surface area (Å²) in [6, 6.07) is 23.4. The molecule has 1 amide bonds. The molecule has 2 aromatic heterocycles. The van der Waals surface area contributed by atoms with Gasteiger partial charge in [0.25, 0.3) is 5.91 Å². The monoisotopic (exact) mass is 449 g/mol. The summed E-state index contributed by atoms with van der Waals surface area (Å²) in [6.07, 6.45) is 4.16. The molecule has 0 aliphatic carbocycles. The zero-order valence-electron chi connectivity index (χ0n) is 18.9. The highest BCUT2D eigenvalue weighted by atomic mass is 16.5. The first kappa shape index (κ1) is 21.4. The normalized spacial score (nSPS) is 10.9. The van der Waals surface area contributed by atoms with E-state index in [2.05, 4.69) is 27.4 Å². The molecule has 0 bridgehead atoms. The standard InChI is InChI=1S/C28H23N3O3/c1-33-26-16-22-20(11-13-30-25(22)17-27(26)34-2)15-18-9-10-21-19(14-18)6-5-8-23(21)31-28(32)24-7-3-4-12-29-24/h3-14,16-17H,15H2,1-2H3,(H,31,32). The van der Waals surface area contributed by atoms with Gasteiger partial charge in [0, 0.05) is 34.9 Å². The summed E-state index contributed by atoms with van der Waals surface area (Å²) in [6.45, 7) is 0. The predicted octanol–water partition coefficient (Wildman–Crippen LogP) is 5.64. The van der Waals surface area contributed by atoms with Crippen molar-refractivity contribution in [2.45, 2.75) is 6.42 Å². The Kier molecular flexibility index (Phi) is 5.79. The van der Waals surface area contributed by atoms with Crippen molar-refractivity contribution in [2.24, 2.45) is 0 Å². The van der Waals surface area contributed by atoms with Crippen LogP contribution in [0.3, 0.4) is 0 Å². The molecule has 6 heteroatoms. The topological polar surface area (TPSA) is 73.3 Å². The Balaban J connectivity index is 1.47. The van der Waals surface area contributed by atoms with Gasteiger partial charge in [-0.3, -0.25) is 14.8 Å². The Bertz CT molecular complexity index is 1500. The Morgan fingerprint density at radius 1 is 0.824 bits per heavy atom. The van der Waals surface area contributed by atoms with Crippen LogP contribution < -0.4 is 14.8 Å². The lowest BCUT2D eigenvalue weighted by molar-refractivity contribution is 0.102. The number of ether oxygens (including phenoxy) is 2. The van der Waals surface area contributed by atoms with Gasteiger partial charge in [-0.1, -0.05) is 36.4 Å². The number of hydrogen-bond acceptors (Lipinski definition) is 5. The number of carbonyl (C=O) groups excluding carboxylic acids is 1. The Hall–Kier alpha value is -4.45. The van der Waals surface area contributed by atoms with Crippen molar-refractivity contribution in [3.05, 3.63) is 102 Å². The van der Waals surface area contributed by atoms with Crippen LogP contribution in [0.15, 0.2) is 85.2 Å². The van der Waals surface area contributed by atoms with E-state index in [0.717, 1.165) is 44.9 Å². The molecule has 34 heavy (non-hydrogen) atoms. The van der Waals surface area contributed by atoms with E-state index in [1.165, 1.54) is 0 Å². The van der Waals surface area contributed by atoms with E-state index < -0.39 is 0 Å². The molecule has 1 N–H and O–H groups in total. The fourth-order valence-corrected chi connectivity index (χ4v) is 4.14. The second-order valence-electron chi connectivity index (χ2n) is 7.90. The molecule has 0 radical (unpaired) electrons. The zero-order chi connectivity index (χ0) is 23.5. The number of fused-ring (bicyclic) bond motifs is 2. The SMILES string of the molecule is COc1cc2nccc(Cc3ccc4c(NC(=O)c5ccccn5)cccc4c3)c2cc1OC. The van der Waals surface area contributed by atoms with Crippen LogP contribution in [-0.2, 0) is 6.42 Å². The summed E-state index contributed by atoms with van der Waals surface area (Å²) in [5, 5.41) is 6.03. The number of benzene rings is 3. The maximum absolute atomic E-state index is 12.6. The van der Waals surface area contributed by atoms with Gasteiger partial charge in [0.05, 0.1) is 19.7 Å². The summed E-state index contributed by atoms with van der Waals surface area (Å²) < 4.78 is 10.9. The Morgan fingerprint density at radius 3 is 2.47 bits per heavy atom. The van der Waals surface area contributed by atoms with E-state index in [4.69, 9.17) is 9.47 Å². The summed E-state index contributed by atoms with van der Waals surface area (Å²) in [5.74, 6) is 1.10. The fraction of sp³-hybridized carbons (Fsp3) is 0.107. The molecule has 0 spiro atoms. The lowest BCUT2D eigenvalue weighted by Crippen LogP contribution is -2.13. The molecular formula is C28H23N3O3. The second-order valence-corrected chi connectivity index (χ2v) is 7.90. The molecule has 0 aliphatic rings. The lowest BCUT2D eigenvalue weighted by Gasteiger charge is -2.13. The smallest absolute Gasteiger partial charge is 0.274 e. The summed E-state index contributed by atoms with van der Waals surface area (Å²) in [4.78, 5) is 21.2. The van der Waals surface area contributed by atoms with E-state index in [9.17, 15) is 4.79 Å². The summed E-state index contributed by atoms with van der Waals surface area (Å²) >= 11 is 0. The van der Waals surface area contributed by atoms with Gasteiger partial charge >= 0.3 is 0 Å². The van der Waals surface area contributed by atoms with E-state index >= 15 is 0 Å². The number of rotatable bonds is 6. The third kappa shape index (κ3) is 4.13. The summed E-state index contributed by atoms with van der Waals surface area (Å²) in [7, 11) is 3.25. The van der Waals surface area contributed by atoms with Crippen LogP contribution in [0.25, 0.3) is 21.7 Å². The third-order valence-corrected chi connectivity index (χ3v) is 5.82. The van der Waals surface area contributed by atoms with Gasteiger partial charge in [-0.05, 0) is 53.3 Å². The molecule has 5 aromatic rings. The highest BCUT2D eigenvalue weighted by Gasteiger charge is 2.12. The molecule has 0 aliphatic heterocycles. The van der Waals surface area contributed by atoms with Gasteiger partial charge in [-0.15, -0.1) is 0 Å². The number of methoxy groups -OCH3 is 2. The second kappa shape index (κ2) is 9.19. The van der Waals surface area contributed by atoms with Crippen molar-refractivity contribution in [2.75, 3.05) is 19.5 Å². The Labute approximate surface area is 197 Å². The first-order valence-electron chi connectivity index (χ1n) is 10.9. The number of hydrogen-bond donors (Lipinski definition) is 1. The molecule has 0 saturated heterocycles. The molecule has 168 valence electrons. The van der Waals surface area contributed by atoms with Crippen LogP contribution in [0.1, 0.15) is 21.6 Å². The number of carbonyl (C=O) groups is 1. The minimum atomic E-state index is -0.232. The molecular weight excluding hydrogens is 426 g/mol.